The van der Waals surface area contributed by atoms with Crippen molar-refractivity contribution in [3.63, 3.8) is 0 Å². The van der Waals surface area contributed by atoms with Crippen molar-refractivity contribution in [3.05, 3.63) is 24.2 Å². The van der Waals surface area contributed by atoms with Crippen LogP contribution in [-0.4, -0.2) is 25.1 Å². The van der Waals surface area contributed by atoms with Crippen molar-refractivity contribution >= 4 is 29.9 Å². The number of furan rings is 1. The molecule has 0 saturated heterocycles. The van der Waals surface area contributed by atoms with Crippen LogP contribution in [0.25, 0.3) is 0 Å². The highest BCUT2D eigenvalue weighted by molar-refractivity contribution is 14.0. The van der Waals surface area contributed by atoms with Crippen LogP contribution in [0.4, 0.5) is 0 Å². The first-order valence-electron chi connectivity index (χ1n) is 8.47. The molecule has 0 radical (unpaired) electrons. The lowest BCUT2D eigenvalue weighted by Crippen LogP contribution is -2.45. The second kappa shape index (κ2) is 9.43. The van der Waals surface area contributed by atoms with Gasteiger partial charge in [-0.3, -0.25) is 4.99 Å². The summed E-state index contributed by atoms with van der Waals surface area (Å²) < 4.78 is 5.37. The first-order valence-corrected chi connectivity index (χ1v) is 8.47. The van der Waals surface area contributed by atoms with Crippen molar-refractivity contribution in [2.75, 3.05) is 13.1 Å². The van der Waals surface area contributed by atoms with Gasteiger partial charge in [-0.05, 0) is 43.7 Å². The van der Waals surface area contributed by atoms with Crippen LogP contribution in [0, 0.1) is 5.92 Å². The molecule has 0 aromatic carbocycles. The van der Waals surface area contributed by atoms with Crippen LogP contribution >= 0.6 is 24.0 Å². The molecule has 2 fully saturated rings. The zero-order valence-electron chi connectivity index (χ0n) is 13.2. The van der Waals surface area contributed by atoms with Gasteiger partial charge in [0.05, 0.1) is 6.26 Å². The van der Waals surface area contributed by atoms with Gasteiger partial charge in [0.25, 0.3) is 0 Å². The summed E-state index contributed by atoms with van der Waals surface area (Å²) in [6, 6.07) is 4.57. The van der Waals surface area contributed by atoms with E-state index in [2.05, 4.69) is 10.6 Å². The standard InChI is InChI=1S/C17H27N3O.HI/c1-2-5-15(6-3-1)20-17(19-13-14-8-9-14)18-11-10-16-7-4-12-21-16;/h4,7,12,14-15H,1-3,5-6,8-11,13H2,(H2,18,19,20);1H. The van der Waals surface area contributed by atoms with E-state index in [1.165, 1.54) is 44.9 Å². The second-order valence-corrected chi connectivity index (χ2v) is 6.37. The molecular formula is C17H28IN3O. The molecule has 1 heterocycles. The third-order valence-corrected chi connectivity index (χ3v) is 4.39. The Labute approximate surface area is 150 Å². The molecule has 22 heavy (non-hydrogen) atoms. The molecule has 0 aliphatic heterocycles. The number of guanidine groups is 1. The molecule has 0 unspecified atom stereocenters. The number of rotatable bonds is 6. The van der Waals surface area contributed by atoms with Crippen LogP contribution in [0.15, 0.2) is 27.8 Å². The maximum absolute atomic E-state index is 5.37. The molecule has 1 aromatic rings. The molecule has 4 nitrogen and oxygen atoms in total. The molecule has 2 aliphatic carbocycles. The van der Waals surface area contributed by atoms with Crippen LogP contribution in [0.3, 0.4) is 0 Å². The Morgan fingerprint density at radius 3 is 2.68 bits per heavy atom. The summed E-state index contributed by atoms with van der Waals surface area (Å²) in [7, 11) is 0. The summed E-state index contributed by atoms with van der Waals surface area (Å²) in [6.07, 6.45) is 12.0. The van der Waals surface area contributed by atoms with Gasteiger partial charge in [0.15, 0.2) is 5.96 Å². The van der Waals surface area contributed by atoms with Crippen molar-refractivity contribution in [1.82, 2.24) is 10.6 Å². The second-order valence-electron chi connectivity index (χ2n) is 6.37. The predicted molar refractivity (Wildman–Crippen MR) is 101 cm³/mol. The molecular weight excluding hydrogens is 389 g/mol. The number of nitrogens with one attached hydrogen (secondary N) is 2. The Morgan fingerprint density at radius 1 is 1.18 bits per heavy atom. The molecule has 3 rings (SSSR count). The number of halogens is 1. The minimum atomic E-state index is 0. The summed E-state index contributed by atoms with van der Waals surface area (Å²) in [6.45, 7) is 1.85. The van der Waals surface area contributed by atoms with Gasteiger partial charge in [-0.15, -0.1) is 24.0 Å². The lowest BCUT2D eigenvalue weighted by molar-refractivity contribution is 0.409. The van der Waals surface area contributed by atoms with E-state index in [0.29, 0.717) is 6.04 Å². The normalized spacial score (nSPS) is 19.5. The molecule has 0 amide bonds. The molecule has 5 heteroatoms. The van der Waals surface area contributed by atoms with Gasteiger partial charge in [0.1, 0.15) is 5.76 Å². The third kappa shape index (κ3) is 6.18. The van der Waals surface area contributed by atoms with Crippen LogP contribution in [0.2, 0.25) is 0 Å². The van der Waals surface area contributed by atoms with E-state index in [1.807, 2.05) is 12.1 Å². The summed E-state index contributed by atoms with van der Waals surface area (Å²) in [5.74, 6) is 2.86. The average Bonchev–Trinajstić information content (AvgIpc) is 3.20. The van der Waals surface area contributed by atoms with E-state index in [9.17, 15) is 0 Å². The monoisotopic (exact) mass is 417 g/mol. The quantitative estimate of drug-likeness (QED) is 0.422. The highest BCUT2D eigenvalue weighted by Crippen LogP contribution is 2.28. The number of hydrogen-bond donors (Lipinski definition) is 2. The third-order valence-electron chi connectivity index (χ3n) is 4.39. The molecule has 0 bridgehead atoms. The summed E-state index contributed by atoms with van der Waals surface area (Å²) in [5, 5.41) is 7.09. The number of aliphatic imine (C=N–C) groups is 1. The lowest BCUT2D eigenvalue weighted by Gasteiger charge is -2.25. The van der Waals surface area contributed by atoms with E-state index in [1.54, 1.807) is 6.26 Å². The fraction of sp³-hybridized carbons (Fsp3) is 0.706. The van der Waals surface area contributed by atoms with Crippen LogP contribution < -0.4 is 10.6 Å². The van der Waals surface area contributed by atoms with Crippen molar-refractivity contribution in [1.29, 1.82) is 0 Å². The maximum atomic E-state index is 5.37. The van der Waals surface area contributed by atoms with Gasteiger partial charge in [0, 0.05) is 25.6 Å². The van der Waals surface area contributed by atoms with Gasteiger partial charge in [0.2, 0.25) is 0 Å². The van der Waals surface area contributed by atoms with E-state index in [-0.39, 0.29) is 24.0 Å². The Hall–Kier alpha value is -0.720. The first kappa shape index (κ1) is 17.6. The minimum absolute atomic E-state index is 0. The molecule has 0 atom stereocenters. The summed E-state index contributed by atoms with van der Waals surface area (Å²) in [4.78, 5) is 4.76. The van der Waals surface area contributed by atoms with E-state index in [0.717, 1.165) is 37.1 Å². The Kier molecular flexibility index (Phi) is 7.55. The highest BCUT2D eigenvalue weighted by Gasteiger charge is 2.21. The topological polar surface area (TPSA) is 49.6 Å². The van der Waals surface area contributed by atoms with Gasteiger partial charge in [-0.2, -0.15) is 0 Å². The molecule has 1 aromatic heterocycles. The largest absolute Gasteiger partial charge is 0.469 e. The first-order chi connectivity index (χ1) is 10.4. The van der Waals surface area contributed by atoms with Gasteiger partial charge in [-0.25, -0.2) is 0 Å². The fourth-order valence-electron chi connectivity index (χ4n) is 2.87. The van der Waals surface area contributed by atoms with Gasteiger partial charge in [-0.1, -0.05) is 19.3 Å². The Balaban J connectivity index is 0.00000176. The molecule has 2 N–H and O–H groups in total. The molecule has 0 spiro atoms. The zero-order valence-corrected chi connectivity index (χ0v) is 15.6. The summed E-state index contributed by atoms with van der Waals surface area (Å²) in [5.41, 5.74) is 0. The highest BCUT2D eigenvalue weighted by atomic mass is 127. The van der Waals surface area contributed by atoms with Crippen LogP contribution in [-0.2, 0) is 6.42 Å². The number of nitrogens with zero attached hydrogens (tertiary/aromatic N) is 1. The SMILES string of the molecule is I.c1coc(CCNC(=NCC2CC2)NC2CCCCC2)c1. The fourth-order valence-corrected chi connectivity index (χ4v) is 2.87. The molecule has 124 valence electrons. The van der Waals surface area contributed by atoms with Crippen LogP contribution in [0.1, 0.15) is 50.7 Å². The zero-order chi connectivity index (χ0) is 14.3. The van der Waals surface area contributed by atoms with Crippen molar-refractivity contribution < 1.29 is 4.42 Å². The summed E-state index contributed by atoms with van der Waals surface area (Å²) >= 11 is 0. The van der Waals surface area contributed by atoms with E-state index < -0.39 is 0 Å². The van der Waals surface area contributed by atoms with Gasteiger partial charge >= 0.3 is 0 Å². The van der Waals surface area contributed by atoms with E-state index in [4.69, 9.17) is 9.41 Å². The minimum Gasteiger partial charge on any atom is -0.469 e. The number of hydrogen-bond acceptors (Lipinski definition) is 2. The molecule has 2 saturated carbocycles. The van der Waals surface area contributed by atoms with E-state index >= 15 is 0 Å². The Morgan fingerprint density at radius 2 is 2.00 bits per heavy atom. The van der Waals surface area contributed by atoms with Crippen molar-refractivity contribution in [2.45, 2.75) is 57.4 Å². The average molecular weight is 417 g/mol. The van der Waals surface area contributed by atoms with Crippen LogP contribution in [0.5, 0.6) is 0 Å². The van der Waals surface area contributed by atoms with Crippen molar-refractivity contribution in [3.8, 4) is 0 Å². The lowest BCUT2D eigenvalue weighted by atomic mass is 9.96. The predicted octanol–water partition coefficient (Wildman–Crippen LogP) is 3.72. The smallest absolute Gasteiger partial charge is 0.191 e. The van der Waals surface area contributed by atoms with Gasteiger partial charge < -0.3 is 15.1 Å². The maximum Gasteiger partial charge on any atom is 0.191 e. The molecule has 2 aliphatic rings. The Bertz CT molecular complexity index is 437. The van der Waals surface area contributed by atoms with Crippen molar-refractivity contribution in [2.24, 2.45) is 10.9 Å².